The highest BCUT2D eigenvalue weighted by molar-refractivity contribution is 5.82. The predicted octanol–water partition coefficient (Wildman–Crippen LogP) is -0.197. The van der Waals surface area contributed by atoms with Crippen LogP contribution >= 0.6 is 0 Å². The van der Waals surface area contributed by atoms with E-state index in [1.54, 1.807) is 6.92 Å². The minimum Gasteiger partial charge on any atom is -0.466 e. The summed E-state index contributed by atoms with van der Waals surface area (Å²) in [4.78, 5) is 38.6. The standard InChI is InChI=1S/C12H14N4O4/c1-2-20-11(18)4-3-9(17)8-16-12(19)15-6-5-13-7-10(15)14-16/h5-7H,2-4,8H2,1H3. The third kappa shape index (κ3) is 3.08. The van der Waals surface area contributed by atoms with Crippen molar-refractivity contribution in [1.82, 2.24) is 19.2 Å². The molecule has 0 N–H and O–H groups in total. The molecular formula is C12H14N4O4. The summed E-state index contributed by atoms with van der Waals surface area (Å²) >= 11 is 0. The summed E-state index contributed by atoms with van der Waals surface area (Å²) in [5.41, 5.74) is -0.0393. The second kappa shape index (κ2) is 6.09. The van der Waals surface area contributed by atoms with E-state index in [4.69, 9.17) is 4.74 Å². The van der Waals surface area contributed by atoms with Crippen molar-refractivity contribution in [3.63, 3.8) is 0 Å². The van der Waals surface area contributed by atoms with Gasteiger partial charge in [-0.15, -0.1) is 5.10 Å². The summed E-state index contributed by atoms with van der Waals surface area (Å²) in [6.45, 7) is 1.82. The molecule has 0 radical (unpaired) electrons. The maximum Gasteiger partial charge on any atom is 0.350 e. The van der Waals surface area contributed by atoms with Crippen LogP contribution in [0.2, 0.25) is 0 Å². The number of ketones is 1. The lowest BCUT2D eigenvalue weighted by Gasteiger charge is -2.01. The van der Waals surface area contributed by atoms with Gasteiger partial charge in [-0.3, -0.25) is 14.6 Å². The molecule has 0 aliphatic carbocycles. The van der Waals surface area contributed by atoms with Crippen molar-refractivity contribution in [1.29, 1.82) is 0 Å². The zero-order valence-corrected chi connectivity index (χ0v) is 11.0. The molecule has 0 saturated heterocycles. The molecule has 0 fully saturated rings. The van der Waals surface area contributed by atoms with Gasteiger partial charge in [0.2, 0.25) is 0 Å². The van der Waals surface area contributed by atoms with Gasteiger partial charge < -0.3 is 4.74 Å². The Bertz CT molecular complexity index is 688. The molecular weight excluding hydrogens is 264 g/mol. The Hall–Kier alpha value is -2.51. The van der Waals surface area contributed by atoms with E-state index >= 15 is 0 Å². The minimum atomic E-state index is -0.424. The van der Waals surface area contributed by atoms with E-state index < -0.39 is 11.7 Å². The molecule has 8 heteroatoms. The molecule has 2 rings (SSSR count). The zero-order valence-electron chi connectivity index (χ0n) is 11.0. The number of hydrogen-bond donors (Lipinski definition) is 0. The highest BCUT2D eigenvalue weighted by Gasteiger charge is 2.12. The molecule has 0 aromatic carbocycles. The molecule has 0 spiro atoms. The molecule has 0 aliphatic heterocycles. The van der Waals surface area contributed by atoms with Gasteiger partial charge in [-0.05, 0) is 6.92 Å². The quantitative estimate of drug-likeness (QED) is 0.679. The number of aromatic nitrogens is 4. The van der Waals surface area contributed by atoms with Crippen molar-refractivity contribution < 1.29 is 14.3 Å². The van der Waals surface area contributed by atoms with E-state index in [-0.39, 0.29) is 31.8 Å². The molecule has 20 heavy (non-hydrogen) atoms. The lowest BCUT2D eigenvalue weighted by molar-refractivity contribution is -0.144. The van der Waals surface area contributed by atoms with Crippen LogP contribution in [0.4, 0.5) is 0 Å². The number of ether oxygens (including phenoxy) is 1. The third-order valence-electron chi connectivity index (χ3n) is 2.63. The van der Waals surface area contributed by atoms with Crippen molar-refractivity contribution in [3.8, 4) is 0 Å². The number of Topliss-reactive ketones (excluding diaryl/α,β-unsaturated/α-hetero) is 1. The second-order valence-electron chi connectivity index (χ2n) is 4.09. The van der Waals surface area contributed by atoms with Crippen molar-refractivity contribution in [2.24, 2.45) is 0 Å². The predicted molar refractivity (Wildman–Crippen MR) is 68.1 cm³/mol. The molecule has 2 heterocycles. The Morgan fingerprint density at radius 2 is 2.15 bits per heavy atom. The number of carbonyl (C=O) groups excluding carboxylic acids is 2. The van der Waals surface area contributed by atoms with Crippen molar-refractivity contribution in [2.45, 2.75) is 26.3 Å². The van der Waals surface area contributed by atoms with Gasteiger partial charge in [-0.2, -0.15) is 0 Å². The lowest BCUT2D eigenvalue weighted by Crippen LogP contribution is -2.25. The largest absolute Gasteiger partial charge is 0.466 e. The third-order valence-corrected chi connectivity index (χ3v) is 2.63. The summed E-state index contributed by atoms with van der Waals surface area (Å²) in [6, 6.07) is 0. The summed E-state index contributed by atoms with van der Waals surface area (Å²) in [5, 5.41) is 3.98. The lowest BCUT2D eigenvalue weighted by atomic mass is 10.2. The molecule has 0 unspecified atom stereocenters. The highest BCUT2D eigenvalue weighted by Crippen LogP contribution is 1.97. The maximum atomic E-state index is 11.9. The van der Waals surface area contributed by atoms with Gasteiger partial charge >= 0.3 is 11.7 Å². The van der Waals surface area contributed by atoms with Crippen LogP contribution in [0.25, 0.3) is 5.65 Å². The van der Waals surface area contributed by atoms with Crippen LogP contribution in [0.5, 0.6) is 0 Å². The molecule has 8 nitrogen and oxygen atoms in total. The Labute approximate surface area is 114 Å². The van der Waals surface area contributed by atoms with E-state index in [1.807, 2.05) is 0 Å². The van der Waals surface area contributed by atoms with Crippen molar-refractivity contribution in [2.75, 3.05) is 6.61 Å². The highest BCUT2D eigenvalue weighted by atomic mass is 16.5. The number of nitrogens with zero attached hydrogens (tertiary/aromatic N) is 4. The molecule has 2 aromatic heterocycles. The van der Waals surface area contributed by atoms with Gasteiger partial charge in [0.05, 0.1) is 19.2 Å². The van der Waals surface area contributed by atoms with E-state index in [0.29, 0.717) is 5.65 Å². The first-order valence-corrected chi connectivity index (χ1v) is 6.18. The average molecular weight is 278 g/mol. The van der Waals surface area contributed by atoms with Crippen LogP contribution in [0.1, 0.15) is 19.8 Å². The van der Waals surface area contributed by atoms with Crippen molar-refractivity contribution in [3.05, 3.63) is 29.1 Å². The van der Waals surface area contributed by atoms with Gasteiger partial charge in [-0.1, -0.05) is 0 Å². The van der Waals surface area contributed by atoms with Crippen LogP contribution in [-0.4, -0.2) is 37.5 Å². The fraction of sp³-hybridized carbons (Fsp3) is 0.417. The first kappa shape index (κ1) is 13.9. The van der Waals surface area contributed by atoms with Crippen LogP contribution in [0.3, 0.4) is 0 Å². The van der Waals surface area contributed by atoms with E-state index in [9.17, 15) is 14.4 Å². The van der Waals surface area contributed by atoms with E-state index in [0.717, 1.165) is 4.68 Å². The van der Waals surface area contributed by atoms with Crippen LogP contribution < -0.4 is 5.69 Å². The summed E-state index contributed by atoms with van der Waals surface area (Å²) in [6.07, 6.45) is 4.40. The smallest absolute Gasteiger partial charge is 0.350 e. The molecule has 0 aliphatic rings. The first-order chi connectivity index (χ1) is 9.61. The van der Waals surface area contributed by atoms with Gasteiger partial charge in [0.15, 0.2) is 11.4 Å². The Balaban J connectivity index is 2.01. The maximum absolute atomic E-state index is 11.9. The monoisotopic (exact) mass is 278 g/mol. The number of fused-ring (bicyclic) bond motifs is 1. The van der Waals surface area contributed by atoms with Crippen LogP contribution in [0.15, 0.2) is 23.4 Å². The number of hydrogen-bond acceptors (Lipinski definition) is 6. The summed E-state index contributed by atoms with van der Waals surface area (Å²) in [7, 11) is 0. The Morgan fingerprint density at radius 3 is 2.85 bits per heavy atom. The Morgan fingerprint density at radius 1 is 1.35 bits per heavy atom. The molecule has 2 aromatic rings. The average Bonchev–Trinajstić information content (AvgIpc) is 2.74. The van der Waals surface area contributed by atoms with E-state index in [1.165, 1.54) is 23.0 Å². The molecule has 0 amide bonds. The molecule has 0 bridgehead atoms. The number of esters is 1. The van der Waals surface area contributed by atoms with Crippen molar-refractivity contribution >= 4 is 17.4 Å². The molecule has 106 valence electrons. The SMILES string of the molecule is CCOC(=O)CCC(=O)Cn1nc2cnccn2c1=O. The van der Waals surface area contributed by atoms with Crippen LogP contribution in [0, 0.1) is 0 Å². The van der Waals surface area contributed by atoms with Crippen LogP contribution in [-0.2, 0) is 20.9 Å². The molecule has 0 atom stereocenters. The minimum absolute atomic E-state index is 0.0103. The van der Waals surface area contributed by atoms with Gasteiger partial charge in [0.25, 0.3) is 0 Å². The fourth-order valence-electron chi connectivity index (χ4n) is 1.70. The normalized spacial score (nSPS) is 10.7. The number of carbonyl (C=O) groups is 2. The zero-order chi connectivity index (χ0) is 14.5. The second-order valence-corrected chi connectivity index (χ2v) is 4.09. The summed E-state index contributed by atoms with van der Waals surface area (Å²) < 4.78 is 7.08. The topological polar surface area (TPSA) is 95.6 Å². The number of rotatable bonds is 6. The fourth-order valence-corrected chi connectivity index (χ4v) is 1.70. The van der Waals surface area contributed by atoms with E-state index in [2.05, 4.69) is 10.1 Å². The summed E-state index contributed by atoms with van der Waals surface area (Å²) in [5.74, 6) is -0.677. The first-order valence-electron chi connectivity index (χ1n) is 6.18. The Kier molecular flexibility index (Phi) is 4.24. The molecule has 0 saturated carbocycles. The van der Waals surface area contributed by atoms with Gasteiger partial charge in [0, 0.05) is 18.8 Å². The van der Waals surface area contributed by atoms with Gasteiger partial charge in [0.1, 0.15) is 6.54 Å². The van der Waals surface area contributed by atoms with Gasteiger partial charge in [-0.25, -0.2) is 13.9 Å².